The minimum atomic E-state index is -3.39. The first-order valence-corrected chi connectivity index (χ1v) is 9.01. The van der Waals surface area contributed by atoms with Crippen molar-refractivity contribution in [3.05, 3.63) is 65.5 Å². The third-order valence-corrected chi connectivity index (χ3v) is 6.39. The van der Waals surface area contributed by atoms with E-state index in [0.717, 1.165) is 23.2 Å². The van der Waals surface area contributed by atoms with E-state index in [2.05, 4.69) is 0 Å². The smallest absolute Gasteiger partial charge is 0.353 e. The van der Waals surface area contributed by atoms with Gasteiger partial charge in [0.1, 0.15) is 5.82 Å². The first kappa shape index (κ1) is 16.2. The standard InChI is InChI=1S/C17H19FNO3P/c1-21-23(20,22-2)17-16-6-4-3-5-13(16)11-12-19(17)15-9-7-14(18)8-10-15/h3-10,17H,11-12H2,1-2H3. The van der Waals surface area contributed by atoms with Crippen LogP contribution in [0, 0.1) is 5.82 Å². The number of benzene rings is 2. The van der Waals surface area contributed by atoms with Crippen LogP contribution in [0.2, 0.25) is 0 Å². The molecule has 0 spiro atoms. The van der Waals surface area contributed by atoms with Gasteiger partial charge in [-0.05, 0) is 41.8 Å². The van der Waals surface area contributed by atoms with Gasteiger partial charge in [0.2, 0.25) is 0 Å². The summed E-state index contributed by atoms with van der Waals surface area (Å²) in [7, 11) is -0.604. The van der Waals surface area contributed by atoms with Crippen molar-refractivity contribution < 1.29 is 18.0 Å². The monoisotopic (exact) mass is 335 g/mol. The summed E-state index contributed by atoms with van der Waals surface area (Å²) in [6, 6.07) is 14.0. The van der Waals surface area contributed by atoms with Crippen molar-refractivity contribution in [3.8, 4) is 0 Å². The Morgan fingerprint density at radius 3 is 2.39 bits per heavy atom. The van der Waals surface area contributed by atoms with Crippen LogP contribution in [-0.2, 0) is 20.0 Å². The lowest BCUT2D eigenvalue weighted by Crippen LogP contribution is -2.36. The summed E-state index contributed by atoms with van der Waals surface area (Å²) in [6.45, 7) is 0.657. The van der Waals surface area contributed by atoms with Gasteiger partial charge in [0.15, 0.2) is 5.78 Å². The molecule has 0 saturated heterocycles. The largest absolute Gasteiger partial charge is 0.356 e. The zero-order valence-electron chi connectivity index (χ0n) is 13.1. The summed E-state index contributed by atoms with van der Waals surface area (Å²) in [4.78, 5) is 1.97. The van der Waals surface area contributed by atoms with Gasteiger partial charge in [-0.25, -0.2) is 4.39 Å². The van der Waals surface area contributed by atoms with Gasteiger partial charge < -0.3 is 13.9 Å². The molecule has 1 atom stereocenters. The topological polar surface area (TPSA) is 38.8 Å². The van der Waals surface area contributed by atoms with Gasteiger partial charge in [0.05, 0.1) is 0 Å². The van der Waals surface area contributed by atoms with E-state index < -0.39 is 13.4 Å². The molecule has 0 N–H and O–H groups in total. The molecule has 0 bridgehead atoms. The third-order valence-electron chi connectivity index (χ3n) is 4.22. The molecule has 1 aliphatic rings. The fourth-order valence-corrected chi connectivity index (χ4v) is 4.79. The fraction of sp³-hybridized carbons (Fsp3) is 0.294. The Balaban J connectivity index is 2.12. The molecule has 6 heteroatoms. The number of hydrogen-bond acceptors (Lipinski definition) is 4. The molecule has 1 unspecified atom stereocenters. The fourth-order valence-electron chi connectivity index (χ4n) is 3.06. The van der Waals surface area contributed by atoms with Crippen LogP contribution in [-0.4, -0.2) is 20.8 Å². The third kappa shape index (κ3) is 2.92. The van der Waals surface area contributed by atoms with Crippen molar-refractivity contribution in [2.24, 2.45) is 0 Å². The quantitative estimate of drug-likeness (QED) is 0.778. The molecule has 0 radical (unpaired) electrons. The summed E-state index contributed by atoms with van der Waals surface area (Å²) in [5.74, 6) is -0.850. The van der Waals surface area contributed by atoms with Crippen LogP contribution >= 0.6 is 7.60 Å². The lowest BCUT2D eigenvalue weighted by atomic mass is 9.99. The van der Waals surface area contributed by atoms with E-state index in [-0.39, 0.29) is 5.82 Å². The summed E-state index contributed by atoms with van der Waals surface area (Å²) in [6.07, 6.45) is 0.817. The van der Waals surface area contributed by atoms with Gasteiger partial charge in [0.25, 0.3) is 0 Å². The molecule has 2 aromatic carbocycles. The lowest BCUT2D eigenvalue weighted by molar-refractivity contribution is 0.263. The average molecular weight is 335 g/mol. The van der Waals surface area contributed by atoms with E-state index in [9.17, 15) is 8.96 Å². The number of anilines is 1. The van der Waals surface area contributed by atoms with Crippen molar-refractivity contribution in [1.82, 2.24) is 0 Å². The van der Waals surface area contributed by atoms with Gasteiger partial charge in [-0.15, -0.1) is 0 Å². The first-order valence-electron chi connectivity index (χ1n) is 7.40. The predicted octanol–water partition coefficient (Wildman–Crippen LogP) is 4.37. The maximum absolute atomic E-state index is 13.2. The zero-order chi connectivity index (χ0) is 16.4. The molecule has 1 heterocycles. The Hall–Kier alpha value is -1.68. The number of nitrogens with zero attached hydrogens (tertiary/aromatic N) is 1. The first-order chi connectivity index (χ1) is 11.1. The van der Waals surface area contributed by atoms with E-state index in [4.69, 9.17) is 9.05 Å². The molecule has 0 fully saturated rings. The maximum atomic E-state index is 13.2. The van der Waals surface area contributed by atoms with Crippen molar-refractivity contribution in [3.63, 3.8) is 0 Å². The highest BCUT2D eigenvalue weighted by Crippen LogP contribution is 2.63. The van der Waals surface area contributed by atoms with Gasteiger partial charge in [-0.2, -0.15) is 0 Å². The number of fused-ring (bicyclic) bond motifs is 1. The maximum Gasteiger partial charge on any atom is 0.356 e. The van der Waals surface area contributed by atoms with Crippen molar-refractivity contribution in [2.45, 2.75) is 12.2 Å². The molecule has 0 aromatic heterocycles. The van der Waals surface area contributed by atoms with Crippen LogP contribution in [0.1, 0.15) is 16.9 Å². The average Bonchev–Trinajstić information content (AvgIpc) is 2.61. The molecule has 0 saturated carbocycles. The van der Waals surface area contributed by atoms with Crippen LogP contribution in [0.4, 0.5) is 10.1 Å². The summed E-state index contributed by atoms with van der Waals surface area (Å²) in [5.41, 5.74) is 2.85. The highest BCUT2D eigenvalue weighted by molar-refractivity contribution is 7.54. The second-order valence-electron chi connectivity index (χ2n) is 5.40. The Bertz CT molecular complexity index is 727. The number of halogens is 1. The lowest BCUT2D eigenvalue weighted by Gasteiger charge is -2.40. The molecule has 0 aliphatic carbocycles. The van der Waals surface area contributed by atoms with Crippen LogP contribution in [0.15, 0.2) is 48.5 Å². The van der Waals surface area contributed by atoms with Crippen molar-refractivity contribution in [1.29, 1.82) is 0 Å². The molecule has 0 amide bonds. The van der Waals surface area contributed by atoms with Gasteiger partial charge in [0, 0.05) is 26.5 Å². The van der Waals surface area contributed by atoms with Crippen LogP contribution in [0.25, 0.3) is 0 Å². The number of rotatable bonds is 4. The van der Waals surface area contributed by atoms with Crippen molar-refractivity contribution in [2.75, 3.05) is 25.7 Å². The normalized spacial score (nSPS) is 17.9. The van der Waals surface area contributed by atoms with E-state index >= 15 is 0 Å². The van der Waals surface area contributed by atoms with Crippen LogP contribution < -0.4 is 4.90 Å². The molecular weight excluding hydrogens is 316 g/mol. The Labute approximate surface area is 135 Å². The molecule has 4 nitrogen and oxygen atoms in total. The van der Waals surface area contributed by atoms with Gasteiger partial charge in [-0.3, -0.25) is 4.57 Å². The van der Waals surface area contributed by atoms with Gasteiger partial charge in [-0.1, -0.05) is 24.3 Å². The molecule has 23 heavy (non-hydrogen) atoms. The minimum absolute atomic E-state index is 0.302. The zero-order valence-corrected chi connectivity index (χ0v) is 14.0. The highest BCUT2D eigenvalue weighted by atomic mass is 31.2. The van der Waals surface area contributed by atoms with E-state index in [1.807, 2.05) is 29.2 Å². The van der Waals surface area contributed by atoms with Crippen LogP contribution in [0.5, 0.6) is 0 Å². The van der Waals surface area contributed by atoms with Crippen LogP contribution in [0.3, 0.4) is 0 Å². The Morgan fingerprint density at radius 1 is 1.09 bits per heavy atom. The highest BCUT2D eigenvalue weighted by Gasteiger charge is 2.43. The second-order valence-corrected chi connectivity index (χ2v) is 7.70. The molecular formula is C17H19FNO3P. The summed E-state index contributed by atoms with van der Waals surface area (Å²) >= 11 is 0. The molecule has 3 rings (SSSR count). The second kappa shape index (κ2) is 6.44. The minimum Gasteiger partial charge on any atom is -0.353 e. The van der Waals surface area contributed by atoms with E-state index in [0.29, 0.717) is 6.54 Å². The molecule has 122 valence electrons. The Morgan fingerprint density at radius 2 is 1.74 bits per heavy atom. The molecule has 2 aromatic rings. The molecule has 1 aliphatic heterocycles. The summed E-state index contributed by atoms with van der Waals surface area (Å²) in [5, 5.41) is 0. The SMILES string of the molecule is COP(=O)(OC)C1c2ccccc2CCN1c1ccc(F)cc1. The number of hydrogen-bond donors (Lipinski definition) is 0. The predicted molar refractivity (Wildman–Crippen MR) is 88.3 cm³/mol. The van der Waals surface area contributed by atoms with E-state index in [1.165, 1.54) is 26.4 Å². The van der Waals surface area contributed by atoms with E-state index in [1.54, 1.807) is 12.1 Å². The Kier molecular flexibility index (Phi) is 4.53. The van der Waals surface area contributed by atoms with Gasteiger partial charge >= 0.3 is 7.60 Å². The van der Waals surface area contributed by atoms with Crippen molar-refractivity contribution >= 4 is 13.3 Å². The summed E-state index contributed by atoms with van der Waals surface area (Å²) < 4.78 is 36.9.